The largest absolute Gasteiger partial charge is 0.298 e. The number of allylic oxidation sites excluding steroid dienone is 3. The van der Waals surface area contributed by atoms with Crippen LogP contribution in [-0.4, -0.2) is 6.29 Å². The highest BCUT2D eigenvalue weighted by molar-refractivity contribution is 5.85. The topological polar surface area (TPSA) is 17.1 Å². The SMILES string of the molecule is CC/C=C\C(C=O)=C\c1ccccc1. The predicted molar refractivity (Wildman–Crippen MR) is 59.9 cm³/mol. The third-order valence-corrected chi connectivity index (χ3v) is 1.81. The van der Waals surface area contributed by atoms with Gasteiger partial charge in [0.25, 0.3) is 0 Å². The lowest BCUT2D eigenvalue weighted by Gasteiger charge is -1.93. The van der Waals surface area contributed by atoms with Crippen LogP contribution in [0.25, 0.3) is 6.08 Å². The van der Waals surface area contributed by atoms with Crippen LogP contribution in [-0.2, 0) is 4.79 Å². The Balaban J connectivity index is 2.84. The van der Waals surface area contributed by atoms with E-state index >= 15 is 0 Å². The molecule has 0 bridgehead atoms. The van der Waals surface area contributed by atoms with Crippen LogP contribution in [0.1, 0.15) is 18.9 Å². The fourth-order valence-electron chi connectivity index (χ4n) is 1.12. The van der Waals surface area contributed by atoms with Crippen LogP contribution in [0.4, 0.5) is 0 Å². The highest BCUT2D eigenvalue weighted by Gasteiger charge is 1.89. The summed E-state index contributed by atoms with van der Waals surface area (Å²) < 4.78 is 0. The van der Waals surface area contributed by atoms with E-state index in [1.54, 1.807) is 0 Å². The van der Waals surface area contributed by atoms with Gasteiger partial charge in [-0.2, -0.15) is 0 Å². The minimum Gasteiger partial charge on any atom is -0.298 e. The zero-order valence-electron chi connectivity index (χ0n) is 8.31. The highest BCUT2D eigenvalue weighted by Crippen LogP contribution is 2.06. The van der Waals surface area contributed by atoms with Gasteiger partial charge in [0.1, 0.15) is 6.29 Å². The minimum atomic E-state index is 0.707. The van der Waals surface area contributed by atoms with Crippen LogP contribution in [0, 0.1) is 0 Å². The Kier molecular flexibility index (Phi) is 4.42. The molecular weight excluding hydrogens is 172 g/mol. The monoisotopic (exact) mass is 186 g/mol. The van der Waals surface area contributed by atoms with Crippen molar-refractivity contribution in [1.29, 1.82) is 0 Å². The molecule has 0 aliphatic heterocycles. The fraction of sp³-hybridized carbons (Fsp3) is 0.154. The zero-order valence-corrected chi connectivity index (χ0v) is 8.31. The number of carbonyl (C=O) groups excluding carboxylic acids is 1. The molecule has 0 radical (unpaired) electrons. The molecule has 1 rings (SSSR count). The van der Waals surface area contributed by atoms with Gasteiger partial charge in [-0.1, -0.05) is 49.4 Å². The summed E-state index contributed by atoms with van der Waals surface area (Å²) in [5.74, 6) is 0. The fourth-order valence-corrected chi connectivity index (χ4v) is 1.12. The van der Waals surface area contributed by atoms with Crippen LogP contribution in [0.5, 0.6) is 0 Å². The molecule has 0 amide bonds. The number of rotatable bonds is 4. The second kappa shape index (κ2) is 5.92. The van der Waals surface area contributed by atoms with Crippen LogP contribution in [0.15, 0.2) is 48.1 Å². The highest BCUT2D eigenvalue weighted by atomic mass is 16.1. The lowest BCUT2D eigenvalue weighted by Crippen LogP contribution is -1.79. The van der Waals surface area contributed by atoms with E-state index in [4.69, 9.17) is 0 Å². The molecular formula is C13H14O. The molecule has 0 saturated heterocycles. The van der Waals surface area contributed by atoms with Crippen molar-refractivity contribution in [2.24, 2.45) is 0 Å². The molecule has 0 aliphatic rings. The summed E-state index contributed by atoms with van der Waals surface area (Å²) in [7, 11) is 0. The minimum absolute atomic E-state index is 0.707. The number of benzene rings is 1. The number of hydrogen-bond acceptors (Lipinski definition) is 1. The number of aldehydes is 1. The molecule has 0 heterocycles. The zero-order chi connectivity index (χ0) is 10.2. The molecule has 0 spiro atoms. The second-order valence-corrected chi connectivity index (χ2v) is 2.98. The molecule has 0 unspecified atom stereocenters. The van der Waals surface area contributed by atoms with Gasteiger partial charge in [-0.3, -0.25) is 4.79 Å². The van der Waals surface area contributed by atoms with Gasteiger partial charge < -0.3 is 0 Å². The summed E-state index contributed by atoms with van der Waals surface area (Å²) in [5.41, 5.74) is 1.76. The Bertz CT molecular complexity index is 334. The van der Waals surface area contributed by atoms with Gasteiger partial charge in [0.05, 0.1) is 0 Å². The van der Waals surface area contributed by atoms with Gasteiger partial charge in [-0.15, -0.1) is 0 Å². The van der Waals surface area contributed by atoms with E-state index in [1.807, 2.05) is 55.5 Å². The normalized spacial score (nSPS) is 11.9. The molecule has 1 aromatic rings. The van der Waals surface area contributed by atoms with Crippen molar-refractivity contribution in [3.8, 4) is 0 Å². The first-order chi connectivity index (χ1) is 6.86. The lowest BCUT2D eigenvalue weighted by atomic mass is 10.1. The Morgan fingerprint density at radius 2 is 2.00 bits per heavy atom. The standard InChI is InChI=1S/C13H14O/c1-2-3-7-13(11-14)10-12-8-5-4-6-9-12/h3-11H,2H2,1H3/b7-3-,13-10-. The Hall–Kier alpha value is -1.63. The first-order valence-corrected chi connectivity index (χ1v) is 4.75. The van der Waals surface area contributed by atoms with Crippen LogP contribution < -0.4 is 0 Å². The van der Waals surface area contributed by atoms with Gasteiger partial charge in [0.2, 0.25) is 0 Å². The lowest BCUT2D eigenvalue weighted by molar-refractivity contribution is -0.104. The van der Waals surface area contributed by atoms with Crippen molar-refractivity contribution in [3.05, 3.63) is 53.6 Å². The van der Waals surface area contributed by atoms with Crippen molar-refractivity contribution in [1.82, 2.24) is 0 Å². The summed E-state index contributed by atoms with van der Waals surface area (Å²) in [6.45, 7) is 2.04. The van der Waals surface area contributed by atoms with Crippen LogP contribution >= 0.6 is 0 Å². The molecule has 0 aliphatic carbocycles. The molecule has 1 aromatic carbocycles. The van der Waals surface area contributed by atoms with Crippen molar-refractivity contribution >= 4 is 12.4 Å². The third-order valence-electron chi connectivity index (χ3n) is 1.81. The molecule has 0 atom stereocenters. The summed E-state index contributed by atoms with van der Waals surface area (Å²) in [4.78, 5) is 10.7. The third kappa shape index (κ3) is 3.40. The summed E-state index contributed by atoms with van der Waals surface area (Å²) in [5, 5.41) is 0. The van der Waals surface area contributed by atoms with E-state index < -0.39 is 0 Å². The van der Waals surface area contributed by atoms with Crippen molar-refractivity contribution in [2.75, 3.05) is 0 Å². The van der Waals surface area contributed by atoms with Crippen molar-refractivity contribution in [2.45, 2.75) is 13.3 Å². The van der Waals surface area contributed by atoms with E-state index in [0.717, 1.165) is 18.3 Å². The quantitative estimate of drug-likeness (QED) is 0.401. The van der Waals surface area contributed by atoms with Gasteiger partial charge in [-0.05, 0) is 18.1 Å². The average molecular weight is 186 g/mol. The number of hydrogen-bond donors (Lipinski definition) is 0. The van der Waals surface area contributed by atoms with E-state index in [-0.39, 0.29) is 0 Å². The van der Waals surface area contributed by atoms with E-state index in [9.17, 15) is 4.79 Å². The maximum absolute atomic E-state index is 10.7. The molecule has 0 fully saturated rings. The first-order valence-electron chi connectivity index (χ1n) is 4.75. The van der Waals surface area contributed by atoms with Crippen LogP contribution in [0.2, 0.25) is 0 Å². The average Bonchev–Trinajstić information content (AvgIpc) is 2.25. The second-order valence-electron chi connectivity index (χ2n) is 2.98. The Labute approximate surface area is 84.8 Å². The Morgan fingerprint density at radius 1 is 1.29 bits per heavy atom. The molecule has 0 aromatic heterocycles. The molecule has 1 heteroatoms. The van der Waals surface area contributed by atoms with E-state index in [0.29, 0.717) is 5.57 Å². The molecule has 0 N–H and O–H groups in total. The number of carbonyl (C=O) groups is 1. The van der Waals surface area contributed by atoms with Gasteiger partial charge in [-0.25, -0.2) is 0 Å². The first kappa shape index (κ1) is 10.5. The van der Waals surface area contributed by atoms with E-state index in [1.165, 1.54) is 0 Å². The predicted octanol–water partition coefficient (Wildman–Crippen LogP) is 3.24. The van der Waals surface area contributed by atoms with Crippen molar-refractivity contribution in [3.63, 3.8) is 0 Å². The smallest absolute Gasteiger partial charge is 0.150 e. The summed E-state index contributed by atoms with van der Waals surface area (Å²) >= 11 is 0. The Morgan fingerprint density at radius 3 is 2.57 bits per heavy atom. The van der Waals surface area contributed by atoms with E-state index in [2.05, 4.69) is 0 Å². The molecule has 14 heavy (non-hydrogen) atoms. The molecule has 0 saturated carbocycles. The maximum atomic E-state index is 10.7. The summed E-state index contributed by atoms with van der Waals surface area (Å²) in [6, 6.07) is 9.82. The van der Waals surface area contributed by atoms with Crippen molar-refractivity contribution < 1.29 is 4.79 Å². The van der Waals surface area contributed by atoms with Gasteiger partial charge in [0.15, 0.2) is 0 Å². The van der Waals surface area contributed by atoms with Gasteiger partial charge in [0, 0.05) is 5.57 Å². The maximum Gasteiger partial charge on any atom is 0.150 e. The van der Waals surface area contributed by atoms with Crippen LogP contribution in [0.3, 0.4) is 0 Å². The summed E-state index contributed by atoms with van der Waals surface area (Å²) in [6.07, 6.45) is 7.52. The molecule has 1 nitrogen and oxygen atoms in total. The van der Waals surface area contributed by atoms with Gasteiger partial charge >= 0.3 is 0 Å². The molecule has 72 valence electrons.